The number of methoxy groups -OCH3 is 2. The molecule has 3 aromatic rings. The van der Waals surface area contributed by atoms with E-state index in [4.69, 9.17) is 9.47 Å². The van der Waals surface area contributed by atoms with Gasteiger partial charge in [0.25, 0.3) is 10.0 Å². The van der Waals surface area contributed by atoms with Crippen molar-refractivity contribution in [3.63, 3.8) is 0 Å². The topological polar surface area (TPSA) is 105 Å². The first-order chi connectivity index (χ1) is 19.5. The summed E-state index contributed by atoms with van der Waals surface area (Å²) in [5.41, 5.74) is 2.04. The molecule has 10 heteroatoms. The molecule has 0 heterocycles. The second-order valence-electron chi connectivity index (χ2n) is 9.90. The molecule has 0 saturated heterocycles. The van der Waals surface area contributed by atoms with Crippen molar-refractivity contribution in [2.45, 2.75) is 57.6 Å². The van der Waals surface area contributed by atoms with Crippen LogP contribution in [0.1, 0.15) is 38.3 Å². The number of aryl methyl sites for hydroxylation is 1. The summed E-state index contributed by atoms with van der Waals surface area (Å²) in [6.45, 7) is 7.07. The molecule has 3 rings (SSSR count). The molecule has 0 unspecified atom stereocenters. The molecule has 0 fully saturated rings. The lowest BCUT2D eigenvalue weighted by Crippen LogP contribution is -2.53. The minimum atomic E-state index is -4.19. The number of carbonyl (C=O) groups excluding carboxylic acids is 2. The van der Waals surface area contributed by atoms with Gasteiger partial charge in [0.2, 0.25) is 11.8 Å². The Labute approximate surface area is 243 Å². The quantitative estimate of drug-likeness (QED) is 0.318. The Bertz CT molecular complexity index is 1440. The van der Waals surface area contributed by atoms with Crippen molar-refractivity contribution in [3.05, 3.63) is 83.9 Å². The van der Waals surface area contributed by atoms with E-state index in [0.717, 1.165) is 15.4 Å². The average Bonchev–Trinajstić information content (AvgIpc) is 2.96. The summed E-state index contributed by atoms with van der Waals surface area (Å²) in [5.74, 6) is -0.0937. The first-order valence-corrected chi connectivity index (χ1v) is 14.9. The number of sulfonamides is 1. The number of carbonyl (C=O) groups is 2. The molecule has 0 aliphatic carbocycles. The number of amides is 2. The van der Waals surface area contributed by atoms with E-state index < -0.39 is 28.5 Å². The van der Waals surface area contributed by atoms with Gasteiger partial charge in [0.1, 0.15) is 12.6 Å². The SMILES string of the molecule is CC[C@@H](C(=O)NC(C)C)N(Cc1ccccc1C)C(=O)CN(c1ccc(OC)c(OC)c1)S(=O)(=O)c1ccccc1. The number of ether oxygens (including phenoxy) is 2. The molecule has 0 aliphatic rings. The number of rotatable bonds is 13. The highest BCUT2D eigenvalue weighted by molar-refractivity contribution is 7.92. The Morgan fingerprint density at radius 3 is 2.12 bits per heavy atom. The van der Waals surface area contributed by atoms with E-state index in [1.807, 2.05) is 52.0 Å². The molecule has 1 N–H and O–H groups in total. The number of benzene rings is 3. The van der Waals surface area contributed by atoms with Gasteiger partial charge in [-0.2, -0.15) is 0 Å². The monoisotopic (exact) mass is 581 g/mol. The lowest BCUT2D eigenvalue weighted by atomic mass is 10.1. The minimum Gasteiger partial charge on any atom is -0.493 e. The van der Waals surface area contributed by atoms with Crippen LogP contribution < -0.4 is 19.1 Å². The molecule has 0 aromatic heterocycles. The van der Waals surface area contributed by atoms with E-state index in [1.165, 1.54) is 37.3 Å². The van der Waals surface area contributed by atoms with Crippen LogP contribution in [-0.2, 0) is 26.2 Å². The second-order valence-corrected chi connectivity index (χ2v) is 11.8. The molecule has 2 amide bonds. The van der Waals surface area contributed by atoms with Gasteiger partial charge in [-0.05, 0) is 62.6 Å². The number of anilines is 1. The summed E-state index contributed by atoms with van der Waals surface area (Å²) in [6.07, 6.45) is 0.345. The smallest absolute Gasteiger partial charge is 0.264 e. The van der Waals surface area contributed by atoms with Crippen molar-refractivity contribution in [3.8, 4) is 11.5 Å². The van der Waals surface area contributed by atoms with Gasteiger partial charge in [-0.25, -0.2) is 8.42 Å². The molecule has 0 radical (unpaired) electrons. The Hall–Kier alpha value is -4.05. The van der Waals surface area contributed by atoms with Crippen molar-refractivity contribution in [1.29, 1.82) is 0 Å². The fraction of sp³-hybridized carbons (Fsp3) is 0.355. The van der Waals surface area contributed by atoms with Crippen LogP contribution in [0.2, 0.25) is 0 Å². The van der Waals surface area contributed by atoms with Crippen LogP contribution >= 0.6 is 0 Å². The summed E-state index contributed by atoms with van der Waals surface area (Å²) in [4.78, 5) is 28.9. The summed E-state index contributed by atoms with van der Waals surface area (Å²) >= 11 is 0. The predicted molar refractivity (Wildman–Crippen MR) is 160 cm³/mol. The maximum atomic E-state index is 14.2. The average molecular weight is 582 g/mol. The molecule has 41 heavy (non-hydrogen) atoms. The third-order valence-electron chi connectivity index (χ3n) is 6.68. The van der Waals surface area contributed by atoms with Crippen LogP contribution in [0.15, 0.2) is 77.7 Å². The fourth-order valence-electron chi connectivity index (χ4n) is 4.50. The largest absolute Gasteiger partial charge is 0.493 e. The lowest BCUT2D eigenvalue weighted by Gasteiger charge is -2.34. The molecule has 0 aliphatic heterocycles. The molecule has 220 valence electrons. The highest BCUT2D eigenvalue weighted by atomic mass is 32.2. The number of nitrogens with zero attached hydrogens (tertiary/aromatic N) is 2. The minimum absolute atomic E-state index is 0.0256. The first kappa shape index (κ1) is 31.5. The fourth-order valence-corrected chi connectivity index (χ4v) is 5.93. The number of hydrogen-bond donors (Lipinski definition) is 1. The van der Waals surface area contributed by atoms with Gasteiger partial charge in [0, 0.05) is 18.7 Å². The van der Waals surface area contributed by atoms with Gasteiger partial charge in [-0.15, -0.1) is 0 Å². The third-order valence-corrected chi connectivity index (χ3v) is 8.47. The van der Waals surface area contributed by atoms with E-state index in [9.17, 15) is 18.0 Å². The van der Waals surface area contributed by atoms with Gasteiger partial charge in [0.05, 0.1) is 24.8 Å². The summed E-state index contributed by atoms with van der Waals surface area (Å²) in [5, 5.41) is 2.90. The Kier molecular flexibility index (Phi) is 10.8. The van der Waals surface area contributed by atoms with Crippen molar-refractivity contribution in [2.24, 2.45) is 0 Å². The lowest BCUT2D eigenvalue weighted by molar-refractivity contribution is -0.140. The number of hydrogen-bond acceptors (Lipinski definition) is 6. The molecule has 0 bridgehead atoms. The Morgan fingerprint density at radius 2 is 1.54 bits per heavy atom. The van der Waals surface area contributed by atoms with Crippen LogP contribution in [0, 0.1) is 6.92 Å². The van der Waals surface area contributed by atoms with Gasteiger partial charge in [0.15, 0.2) is 11.5 Å². The maximum Gasteiger partial charge on any atom is 0.264 e. The van der Waals surface area contributed by atoms with Crippen molar-refractivity contribution >= 4 is 27.5 Å². The van der Waals surface area contributed by atoms with Crippen molar-refractivity contribution in [1.82, 2.24) is 10.2 Å². The zero-order valence-corrected chi connectivity index (χ0v) is 25.3. The maximum absolute atomic E-state index is 14.2. The van der Waals surface area contributed by atoms with Crippen LogP contribution in [0.5, 0.6) is 11.5 Å². The molecular formula is C31H39N3O6S. The van der Waals surface area contributed by atoms with Crippen molar-refractivity contribution < 1.29 is 27.5 Å². The summed E-state index contributed by atoms with van der Waals surface area (Å²) in [6, 6.07) is 19.2. The van der Waals surface area contributed by atoms with Gasteiger partial charge < -0.3 is 19.7 Å². The number of nitrogens with one attached hydrogen (secondary N) is 1. The Morgan fingerprint density at radius 1 is 0.902 bits per heavy atom. The highest BCUT2D eigenvalue weighted by Crippen LogP contribution is 2.34. The molecule has 1 atom stereocenters. The van der Waals surface area contributed by atoms with Crippen molar-refractivity contribution in [2.75, 3.05) is 25.1 Å². The van der Waals surface area contributed by atoms with E-state index in [0.29, 0.717) is 17.9 Å². The summed E-state index contributed by atoms with van der Waals surface area (Å²) < 4.78 is 39.8. The van der Waals surface area contributed by atoms with Crippen LogP contribution in [0.4, 0.5) is 5.69 Å². The van der Waals surface area contributed by atoms with Crippen LogP contribution in [0.3, 0.4) is 0 Å². The van der Waals surface area contributed by atoms with E-state index >= 15 is 0 Å². The molecule has 9 nitrogen and oxygen atoms in total. The van der Waals surface area contributed by atoms with Crippen LogP contribution in [-0.4, -0.2) is 58.0 Å². The normalized spacial score (nSPS) is 12.0. The van der Waals surface area contributed by atoms with E-state index in [-0.39, 0.29) is 29.1 Å². The zero-order chi connectivity index (χ0) is 30.2. The van der Waals surface area contributed by atoms with Gasteiger partial charge in [-0.3, -0.25) is 13.9 Å². The van der Waals surface area contributed by atoms with Gasteiger partial charge in [-0.1, -0.05) is 49.4 Å². The van der Waals surface area contributed by atoms with Crippen LogP contribution in [0.25, 0.3) is 0 Å². The highest BCUT2D eigenvalue weighted by Gasteiger charge is 2.34. The van der Waals surface area contributed by atoms with Gasteiger partial charge >= 0.3 is 0 Å². The zero-order valence-electron chi connectivity index (χ0n) is 24.5. The molecule has 0 saturated carbocycles. The predicted octanol–water partition coefficient (Wildman–Crippen LogP) is 4.54. The standard InChI is InChI=1S/C31H39N3O6S/c1-7-27(31(36)32-22(2)3)33(20-24-14-12-11-13-23(24)4)30(35)21-34(41(37,38)26-15-9-8-10-16-26)25-17-18-28(39-5)29(19-25)40-6/h8-19,22,27H,7,20-21H2,1-6H3,(H,32,36)/t27-/m0/s1. The second kappa shape index (κ2) is 14.0. The third kappa shape index (κ3) is 7.58. The van der Waals surface area contributed by atoms with E-state index in [1.54, 1.807) is 30.3 Å². The Balaban J connectivity index is 2.12. The summed E-state index contributed by atoms with van der Waals surface area (Å²) in [7, 11) is -1.26. The molecule has 0 spiro atoms. The molecule has 3 aromatic carbocycles. The molecular weight excluding hydrogens is 542 g/mol. The first-order valence-electron chi connectivity index (χ1n) is 13.5. The van der Waals surface area contributed by atoms with E-state index in [2.05, 4.69) is 5.32 Å².